The third kappa shape index (κ3) is 197. The Morgan fingerprint density at radius 1 is 0.500 bits per heavy atom. The van der Waals surface area contributed by atoms with Crippen LogP contribution in [0.1, 0.15) is 79.1 Å². The molecule has 0 aliphatic heterocycles. The Labute approximate surface area is 130 Å². The Kier molecular flexibility index (Phi) is 133. The predicted molar refractivity (Wildman–Crippen MR) is 87.0 cm³/mol. The molecular weight excluding hydrogens is 262 g/mol. The van der Waals surface area contributed by atoms with Gasteiger partial charge in [-0.05, 0) is 0 Å². The van der Waals surface area contributed by atoms with Gasteiger partial charge in [-0.15, -0.1) is 0 Å². The summed E-state index contributed by atoms with van der Waals surface area (Å²) >= 11 is 0. The van der Waals surface area contributed by atoms with Crippen LogP contribution < -0.4 is 6.15 Å². The van der Waals surface area contributed by atoms with E-state index in [2.05, 4.69) is 55.4 Å². The molecule has 18 heavy (non-hydrogen) atoms. The average molecular weight is 302 g/mol. The molecule has 0 rings (SSSR count). The summed E-state index contributed by atoms with van der Waals surface area (Å²) < 4.78 is 0. The first kappa shape index (κ1) is 36.3. The number of rotatable bonds is 4. The Morgan fingerprint density at radius 3 is 0.556 bits per heavy atom. The maximum absolute atomic E-state index is 3.60. The molecule has 2 heteroatoms. The summed E-state index contributed by atoms with van der Waals surface area (Å²) in [6.07, 6.45) is 9.11. The molecule has 0 aliphatic rings. The summed E-state index contributed by atoms with van der Waals surface area (Å²) in [6, 6.07) is 0. The SMILES string of the molecule is [CH2-]CCC.[CH2-]CCC.[CH2-]CCC.[CH2-]CCC.[Fe+4].[NH4+]. The number of unbranched alkanes of at least 4 members (excludes halogenated alkanes) is 4. The molecule has 116 valence electrons. The van der Waals surface area contributed by atoms with Gasteiger partial charge in [0.15, 0.2) is 0 Å². The van der Waals surface area contributed by atoms with Gasteiger partial charge in [0.25, 0.3) is 0 Å². The van der Waals surface area contributed by atoms with Crippen molar-refractivity contribution in [3.8, 4) is 0 Å². The zero-order valence-electron chi connectivity index (χ0n) is 13.8. The number of hydrogen-bond acceptors (Lipinski definition) is 0. The van der Waals surface area contributed by atoms with Crippen LogP contribution in [0.3, 0.4) is 0 Å². The van der Waals surface area contributed by atoms with Gasteiger partial charge < -0.3 is 33.8 Å². The first-order chi connectivity index (χ1) is 7.66. The summed E-state index contributed by atoms with van der Waals surface area (Å²) in [5.41, 5.74) is 0. The third-order valence-corrected chi connectivity index (χ3v) is 1.41. The van der Waals surface area contributed by atoms with Gasteiger partial charge in [0, 0.05) is 0 Å². The van der Waals surface area contributed by atoms with Crippen LogP contribution in [-0.2, 0) is 17.1 Å². The zero-order valence-corrected chi connectivity index (χ0v) is 14.9. The first-order valence-corrected chi connectivity index (χ1v) is 6.83. The molecule has 0 bridgehead atoms. The molecule has 0 saturated carbocycles. The Bertz CT molecular complexity index is 35.1. The molecule has 0 spiro atoms. The van der Waals surface area contributed by atoms with E-state index in [9.17, 15) is 0 Å². The third-order valence-electron chi connectivity index (χ3n) is 1.41. The van der Waals surface area contributed by atoms with E-state index in [0.29, 0.717) is 0 Å². The van der Waals surface area contributed by atoms with Gasteiger partial charge in [0.05, 0.1) is 0 Å². The van der Waals surface area contributed by atoms with Gasteiger partial charge in [0.2, 0.25) is 0 Å². The normalized spacial score (nSPS) is 6.67. The topological polar surface area (TPSA) is 36.5 Å². The van der Waals surface area contributed by atoms with Crippen LogP contribution in [0.4, 0.5) is 0 Å². The quantitative estimate of drug-likeness (QED) is 0.435. The molecule has 0 radical (unpaired) electrons. The standard InChI is InChI=1S/4C4H9.Fe.H3N/c4*1-3-4-2;;/h4*1,3-4H2,2H3;;1H3/q4*-1;+4;/p+1. The van der Waals surface area contributed by atoms with E-state index in [0.717, 1.165) is 25.7 Å². The molecule has 1 nitrogen and oxygen atoms in total. The minimum atomic E-state index is 0. The van der Waals surface area contributed by atoms with Gasteiger partial charge in [-0.3, -0.25) is 0 Å². The van der Waals surface area contributed by atoms with E-state index < -0.39 is 0 Å². The molecule has 0 atom stereocenters. The summed E-state index contributed by atoms with van der Waals surface area (Å²) in [6.45, 7) is 22.9. The molecule has 0 aromatic heterocycles. The Morgan fingerprint density at radius 2 is 0.556 bits per heavy atom. The summed E-state index contributed by atoms with van der Waals surface area (Å²) in [5, 5.41) is 0. The first-order valence-electron chi connectivity index (χ1n) is 6.83. The molecule has 0 aromatic carbocycles. The van der Waals surface area contributed by atoms with Crippen molar-refractivity contribution in [2.24, 2.45) is 0 Å². The van der Waals surface area contributed by atoms with Crippen LogP contribution in [0.2, 0.25) is 0 Å². The van der Waals surface area contributed by atoms with Gasteiger partial charge in [0.1, 0.15) is 0 Å². The Balaban J connectivity index is -0.0000000257. The fourth-order valence-corrected chi connectivity index (χ4v) is 0. The molecule has 0 aromatic rings. The minimum absolute atomic E-state index is 0. The van der Waals surface area contributed by atoms with Crippen molar-refractivity contribution in [2.45, 2.75) is 79.1 Å². The van der Waals surface area contributed by atoms with Crippen molar-refractivity contribution in [1.29, 1.82) is 0 Å². The van der Waals surface area contributed by atoms with E-state index in [4.69, 9.17) is 0 Å². The van der Waals surface area contributed by atoms with Crippen molar-refractivity contribution in [2.75, 3.05) is 0 Å². The molecule has 0 fully saturated rings. The van der Waals surface area contributed by atoms with Crippen LogP contribution >= 0.6 is 0 Å². The molecule has 0 aliphatic carbocycles. The van der Waals surface area contributed by atoms with E-state index >= 15 is 0 Å². The van der Waals surface area contributed by atoms with Crippen molar-refractivity contribution < 1.29 is 17.1 Å². The second-order valence-electron chi connectivity index (χ2n) is 3.41. The minimum Gasteiger partial charge on any atom is -0.369 e. The van der Waals surface area contributed by atoms with Gasteiger partial charge >= 0.3 is 17.1 Å². The predicted octanol–water partition coefficient (Wildman–Crippen LogP) is 6.86. The molecular formula is C16H40FeN+. The van der Waals surface area contributed by atoms with Gasteiger partial charge in [-0.1, -0.05) is 53.4 Å². The maximum Gasteiger partial charge on any atom is 4.00 e. The van der Waals surface area contributed by atoms with Crippen LogP contribution in [0, 0.1) is 27.7 Å². The average Bonchev–Trinajstić information content (AvgIpc) is 2.39. The van der Waals surface area contributed by atoms with Crippen molar-refractivity contribution in [3.05, 3.63) is 27.7 Å². The van der Waals surface area contributed by atoms with Crippen LogP contribution in [0.15, 0.2) is 0 Å². The smallest absolute Gasteiger partial charge is 0.369 e. The van der Waals surface area contributed by atoms with Crippen molar-refractivity contribution >= 4 is 0 Å². The van der Waals surface area contributed by atoms with E-state index in [-0.39, 0.29) is 23.2 Å². The van der Waals surface area contributed by atoms with E-state index in [1.807, 2.05) is 0 Å². The largest absolute Gasteiger partial charge is 4.00 e. The van der Waals surface area contributed by atoms with Gasteiger partial charge in [-0.25, -0.2) is 0 Å². The van der Waals surface area contributed by atoms with Crippen LogP contribution in [0.5, 0.6) is 0 Å². The second kappa shape index (κ2) is 66.0. The van der Waals surface area contributed by atoms with Crippen LogP contribution in [-0.4, -0.2) is 0 Å². The van der Waals surface area contributed by atoms with Crippen LogP contribution in [0.25, 0.3) is 0 Å². The van der Waals surface area contributed by atoms with E-state index in [1.165, 1.54) is 25.7 Å². The molecule has 0 saturated heterocycles. The number of quaternary nitrogens is 1. The fourth-order valence-electron chi connectivity index (χ4n) is 0. The van der Waals surface area contributed by atoms with E-state index in [1.54, 1.807) is 0 Å². The molecule has 0 amide bonds. The fraction of sp³-hybridized carbons (Fsp3) is 0.750. The second-order valence-corrected chi connectivity index (χ2v) is 3.41. The number of hydrogen-bond donors (Lipinski definition) is 1. The Hall–Kier alpha value is 0.479. The van der Waals surface area contributed by atoms with Gasteiger partial charge in [-0.2, -0.15) is 25.7 Å². The van der Waals surface area contributed by atoms with Crippen molar-refractivity contribution in [3.63, 3.8) is 0 Å². The summed E-state index contributed by atoms with van der Waals surface area (Å²) in [5.74, 6) is 0. The summed E-state index contributed by atoms with van der Waals surface area (Å²) in [4.78, 5) is 0. The molecule has 4 N–H and O–H groups in total. The van der Waals surface area contributed by atoms with Crippen molar-refractivity contribution in [1.82, 2.24) is 6.15 Å². The monoisotopic (exact) mass is 302 g/mol. The molecule has 0 heterocycles. The molecule has 0 unspecified atom stereocenters. The maximum atomic E-state index is 3.60. The summed E-state index contributed by atoms with van der Waals surface area (Å²) in [7, 11) is 0. The zero-order chi connectivity index (χ0) is 13.7.